The molecule has 0 saturated carbocycles. The van der Waals surface area contributed by atoms with Crippen LogP contribution in [0.15, 0.2) is 66.9 Å². The minimum Gasteiger partial charge on any atom is -0.481 e. The van der Waals surface area contributed by atoms with E-state index in [1.165, 1.54) is 12.3 Å². The van der Waals surface area contributed by atoms with Gasteiger partial charge in [0, 0.05) is 19.3 Å². The van der Waals surface area contributed by atoms with Crippen LogP contribution in [0.25, 0.3) is 0 Å². The van der Waals surface area contributed by atoms with Crippen LogP contribution in [0.2, 0.25) is 6.32 Å². The number of amides is 6. The third kappa shape index (κ3) is 19.6. The largest absolute Gasteiger partial charge is 0.481 e. The number of allylic oxidation sites excluding steroid dienone is 1. The van der Waals surface area contributed by atoms with Crippen molar-refractivity contribution in [3.8, 4) is 0 Å². The van der Waals surface area contributed by atoms with Gasteiger partial charge in [0.05, 0.1) is 12.8 Å². The Morgan fingerprint density at radius 2 is 1.21 bits per heavy atom. The highest BCUT2D eigenvalue weighted by Gasteiger charge is 2.34. The molecule has 0 spiro atoms. The van der Waals surface area contributed by atoms with E-state index in [2.05, 4.69) is 31.9 Å². The van der Waals surface area contributed by atoms with E-state index in [9.17, 15) is 53.4 Å². The van der Waals surface area contributed by atoms with E-state index in [-0.39, 0.29) is 31.5 Å². The summed E-state index contributed by atoms with van der Waals surface area (Å²) in [6.45, 7) is 5.41. The van der Waals surface area contributed by atoms with Crippen LogP contribution in [0.5, 0.6) is 0 Å². The lowest BCUT2D eigenvalue weighted by atomic mass is 9.85. The van der Waals surface area contributed by atoms with Crippen LogP contribution in [-0.4, -0.2) is 110 Å². The molecule has 20 nitrogen and oxygen atoms in total. The molecule has 11 N–H and O–H groups in total. The minimum atomic E-state index is -1.80. The van der Waals surface area contributed by atoms with E-state index in [1.54, 1.807) is 61.5 Å². The molecule has 21 heteroatoms. The van der Waals surface area contributed by atoms with Gasteiger partial charge in [-0.25, -0.2) is 0 Å². The number of carboxylic acids is 3. The van der Waals surface area contributed by atoms with Crippen LogP contribution in [0.3, 0.4) is 0 Å². The summed E-state index contributed by atoms with van der Waals surface area (Å²) < 4.78 is 0. The van der Waals surface area contributed by atoms with Crippen molar-refractivity contribution in [2.75, 3.05) is 0 Å². The molecule has 0 heterocycles. The summed E-state index contributed by atoms with van der Waals surface area (Å²) in [5.41, 5.74) is 1.60. The monoisotopic (exact) mass is 866 g/mol. The average Bonchev–Trinajstić information content (AvgIpc) is 3.19. The zero-order valence-electron chi connectivity index (χ0n) is 34.7. The Hall–Kier alpha value is -6.61. The number of carbonyl (C=O) groups is 9. The lowest BCUT2D eigenvalue weighted by Crippen LogP contribution is -2.58. The Morgan fingerprint density at radius 1 is 0.629 bits per heavy atom. The molecular weight excluding hydrogens is 811 g/mol. The molecule has 0 bridgehead atoms. The van der Waals surface area contributed by atoms with Crippen LogP contribution in [0.4, 0.5) is 0 Å². The van der Waals surface area contributed by atoms with Gasteiger partial charge in [0.15, 0.2) is 0 Å². The van der Waals surface area contributed by atoms with E-state index < -0.39 is 123 Å². The minimum absolute atomic E-state index is 0.0321. The average molecular weight is 867 g/mol. The molecule has 2 aromatic rings. The highest BCUT2D eigenvalue weighted by molar-refractivity contribution is 6.40. The van der Waals surface area contributed by atoms with Crippen LogP contribution in [0.1, 0.15) is 81.5 Å². The fraction of sp³-hybridized carbons (Fsp3) is 0.439. The quantitative estimate of drug-likeness (QED) is 0.0530. The van der Waals surface area contributed by atoms with Crippen molar-refractivity contribution in [2.45, 2.75) is 109 Å². The van der Waals surface area contributed by atoms with Crippen LogP contribution in [0, 0.1) is 12.8 Å². The second-order valence-corrected chi connectivity index (χ2v) is 14.8. The van der Waals surface area contributed by atoms with Crippen molar-refractivity contribution in [3.63, 3.8) is 0 Å². The molecule has 0 saturated heterocycles. The maximum atomic E-state index is 14.3. The number of hydrogen-bond acceptors (Lipinski definition) is 11. The zero-order chi connectivity index (χ0) is 46.4. The summed E-state index contributed by atoms with van der Waals surface area (Å²) in [6.07, 6.45) is -0.316. The van der Waals surface area contributed by atoms with Gasteiger partial charge in [0.25, 0.3) is 0 Å². The van der Waals surface area contributed by atoms with E-state index in [0.717, 1.165) is 0 Å². The second-order valence-electron chi connectivity index (χ2n) is 14.8. The summed E-state index contributed by atoms with van der Waals surface area (Å²) in [5, 5.41) is 60.7. The smallest absolute Gasteiger partial charge is 0.451 e. The normalized spacial score (nSPS) is 13.4. The SMILES string of the molecule is Cc1ccccc1C[C@H](NC(=O)[C@H](CCC(=O)O)NC(=O)[C@H](CC(=O)O)NC(=O)CCC(=O)O)C(=O)N[C@H](C(=O)N[C@@H](CC(C)C)C(=O)NC=CCCB(O)O)c1ccccc1. The highest BCUT2D eigenvalue weighted by Crippen LogP contribution is 2.17. The van der Waals surface area contributed by atoms with E-state index in [0.29, 0.717) is 16.7 Å². The number of carboxylic acid groups (broad SMARTS) is 3. The standard InChI is InChI=1S/C41H55BN6O14/c1-24(2)21-29(37(56)43-20-10-9-19-42(61)62)47-41(60)36(26-12-5-4-6-13-26)48-40(59)30(22-27-14-8-7-11-25(27)3)46-38(57)28(15-17-33(50)51)45-39(58)31(23-35(54)55)44-32(49)16-18-34(52)53/h4-8,10-14,20,24,28-31,36,61-62H,9,15-19,21-23H2,1-3H3,(H,43,56)(H,44,49)(H,45,58)(H,46,57)(H,47,60)(H,48,59)(H,50,51)(H,52,53)(H,54,55)/t28-,29-,30-,31-,36-/m0/s1. The van der Waals surface area contributed by atoms with Gasteiger partial charge in [0.1, 0.15) is 30.2 Å². The first kappa shape index (κ1) is 51.5. The molecule has 0 unspecified atom stereocenters. The number of aliphatic carboxylic acids is 3. The van der Waals surface area contributed by atoms with E-state index >= 15 is 0 Å². The maximum Gasteiger partial charge on any atom is 0.451 e. The van der Waals surface area contributed by atoms with E-state index in [4.69, 9.17) is 15.2 Å². The molecule has 5 atom stereocenters. The number of hydrogen-bond donors (Lipinski definition) is 11. The topological polar surface area (TPSA) is 327 Å². The Bertz CT molecular complexity index is 1910. The van der Waals surface area contributed by atoms with Gasteiger partial charge in [-0.2, -0.15) is 0 Å². The Morgan fingerprint density at radius 3 is 1.81 bits per heavy atom. The molecular formula is C41H55BN6O14. The van der Waals surface area contributed by atoms with Gasteiger partial charge in [-0.3, -0.25) is 43.2 Å². The Balaban J connectivity index is 2.49. The van der Waals surface area contributed by atoms with Crippen LogP contribution < -0.4 is 31.9 Å². The Kier molecular flexibility index (Phi) is 22.1. The van der Waals surface area contributed by atoms with Gasteiger partial charge in [0.2, 0.25) is 35.4 Å². The van der Waals surface area contributed by atoms with Gasteiger partial charge in [-0.05, 0) is 61.3 Å². The molecule has 2 rings (SSSR count). The number of aryl methyl sites for hydroxylation is 1. The Labute approximate surface area is 358 Å². The fourth-order valence-electron chi connectivity index (χ4n) is 5.94. The molecule has 0 aliphatic carbocycles. The molecule has 6 amide bonds. The number of carbonyl (C=O) groups excluding carboxylic acids is 6. The van der Waals surface area contributed by atoms with Crippen molar-refractivity contribution in [2.24, 2.45) is 5.92 Å². The molecule has 0 radical (unpaired) electrons. The molecule has 0 aliphatic rings. The third-order valence-corrected chi connectivity index (χ3v) is 9.15. The van der Waals surface area contributed by atoms with Crippen LogP contribution in [-0.2, 0) is 49.6 Å². The molecule has 336 valence electrons. The summed E-state index contributed by atoms with van der Waals surface area (Å²) in [7, 11) is -1.53. The summed E-state index contributed by atoms with van der Waals surface area (Å²) in [4.78, 5) is 115. The summed E-state index contributed by atoms with van der Waals surface area (Å²) >= 11 is 0. The molecule has 0 aromatic heterocycles. The van der Waals surface area contributed by atoms with Gasteiger partial charge < -0.3 is 57.3 Å². The lowest BCUT2D eigenvalue weighted by Gasteiger charge is -2.28. The number of rotatable bonds is 27. The van der Waals surface area contributed by atoms with Crippen molar-refractivity contribution in [1.82, 2.24) is 31.9 Å². The molecule has 2 aromatic carbocycles. The first-order chi connectivity index (χ1) is 29.3. The predicted octanol–water partition coefficient (Wildman–Crippen LogP) is 0.0774. The third-order valence-electron chi connectivity index (χ3n) is 9.15. The zero-order valence-corrected chi connectivity index (χ0v) is 34.7. The summed E-state index contributed by atoms with van der Waals surface area (Å²) in [5.74, 6) is -9.85. The van der Waals surface area contributed by atoms with Gasteiger partial charge in [-0.1, -0.05) is 74.5 Å². The number of benzene rings is 2. The molecule has 0 fully saturated rings. The maximum absolute atomic E-state index is 14.3. The second kappa shape index (κ2) is 26.6. The summed E-state index contributed by atoms with van der Waals surface area (Å²) in [6, 6.07) is 7.36. The van der Waals surface area contributed by atoms with Gasteiger partial charge in [-0.15, -0.1) is 0 Å². The predicted molar refractivity (Wildman–Crippen MR) is 222 cm³/mol. The molecule has 0 aliphatic heterocycles. The van der Waals surface area contributed by atoms with Crippen molar-refractivity contribution in [3.05, 3.63) is 83.6 Å². The van der Waals surface area contributed by atoms with Crippen molar-refractivity contribution in [1.29, 1.82) is 0 Å². The van der Waals surface area contributed by atoms with E-state index in [1.807, 2.05) is 13.8 Å². The first-order valence-corrected chi connectivity index (χ1v) is 19.8. The lowest BCUT2D eigenvalue weighted by molar-refractivity contribution is -0.142. The number of nitrogens with one attached hydrogen (secondary N) is 6. The van der Waals surface area contributed by atoms with Crippen molar-refractivity contribution >= 4 is 60.5 Å². The van der Waals surface area contributed by atoms with Crippen molar-refractivity contribution < 1.29 is 68.5 Å². The van der Waals surface area contributed by atoms with Crippen LogP contribution >= 0.6 is 0 Å². The first-order valence-electron chi connectivity index (χ1n) is 19.8. The fourth-order valence-corrected chi connectivity index (χ4v) is 5.94. The molecule has 62 heavy (non-hydrogen) atoms. The van der Waals surface area contributed by atoms with Gasteiger partial charge >= 0.3 is 25.0 Å². The highest BCUT2D eigenvalue weighted by atomic mass is 16.4.